The first-order valence-electron chi connectivity index (χ1n) is 3.26. The summed E-state index contributed by atoms with van der Waals surface area (Å²) in [6.07, 6.45) is -0.637. The van der Waals surface area contributed by atoms with Crippen molar-refractivity contribution >= 4 is 22.9 Å². The summed E-state index contributed by atoms with van der Waals surface area (Å²) in [4.78, 5) is 22.8. The molecule has 5 heteroatoms. The monoisotopic (exact) mass is 175 g/mol. The number of hydrogen-bond donors (Lipinski definition) is 1. The fraction of sp³-hybridized carbons (Fsp3) is 0.667. The average Bonchev–Trinajstić information content (AvgIpc) is 2.18. The molecule has 4 nitrogen and oxygen atoms in total. The number of carbonyl (C=O) groups excluding carboxylic acids is 2. The van der Waals surface area contributed by atoms with E-state index in [4.69, 9.17) is 5.11 Å². The maximum Gasteiger partial charge on any atom is 0.288 e. The molecule has 1 heterocycles. The van der Waals surface area contributed by atoms with Crippen molar-refractivity contribution in [3.05, 3.63) is 0 Å². The Morgan fingerprint density at radius 2 is 2.36 bits per heavy atom. The molecule has 2 amide bonds. The standard InChI is InChI=1S/C6H9NO3S/c1-4(8)2-7-5(9)3-11-6(7)10/h4,8H,2-3H2,1H3/t4-/m1/s1. The Bertz CT molecular complexity index is 176. The molecule has 1 atom stereocenters. The average molecular weight is 175 g/mol. The van der Waals surface area contributed by atoms with E-state index in [0.717, 1.165) is 16.7 Å². The van der Waals surface area contributed by atoms with Gasteiger partial charge in [0.25, 0.3) is 5.24 Å². The quantitative estimate of drug-likeness (QED) is 0.645. The van der Waals surface area contributed by atoms with Gasteiger partial charge in [-0.15, -0.1) is 0 Å². The lowest BCUT2D eigenvalue weighted by molar-refractivity contribution is -0.125. The van der Waals surface area contributed by atoms with Crippen molar-refractivity contribution in [2.75, 3.05) is 12.3 Å². The predicted octanol–water partition coefficient (Wildman–Crippen LogP) is 0.0626. The van der Waals surface area contributed by atoms with E-state index in [0.29, 0.717) is 0 Å². The van der Waals surface area contributed by atoms with Gasteiger partial charge in [-0.2, -0.15) is 0 Å². The second-order valence-corrected chi connectivity index (χ2v) is 3.33. The van der Waals surface area contributed by atoms with Crippen molar-refractivity contribution in [3.63, 3.8) is 0 Å². The van der Waals surface area contributed by atoms with E-state index in [1.165, 1.54) is 0 Å². The second kappa shape index (κ2) is 3.23. The molecular formula is C6H9NO3S. The second-order valence-electron chi connectivity index (χ2n) is 2.41. The Morgan fingerprint density at radius 1 is 1.73 bits per heavy atom. The molecule has 11 heavy (non-hydrogen) atoms. The maximum atomic E-state index is 10.9. The highest BCUT2D eigenvalue weighted by molar-refractivity contribution is 8.14. The summed E-state index contributed by atoms with van der Waals surface area (Å²) in [5.41, 5.74) is 0. The van der Waals surface area contributed by atoms with Crippen LogP contribution >= 0.6 is 11.8 Å². The Kier molecular flexibility index (Phi) is 2.51. The number of aliphatic hydroxyl groups is 1. The summed E-state index contributed by atoms with van der Waals surface area (Å²) in [5.74, 6) is 0.00634. The molecule has 62 valence electrons. The Labute approximate surface area is 68.6 Å². The first-order chi connectivity index (χ1) is 5.11. The van der Waals surface area contributed by atoms with E-state index >= 15 is 0 Å². The first kappa shape index (κ1) is 8.55. The number of amides is 2. The van der Waals surface area contributed by atoms with E-state index in [-0.39, 0.29) is 23.4 Å². The first-order valence-corrected chi connectivity index (χ1v) is 4.25. The van der Waals surface area contributed by atoms with Gasteiger partial charge < -0.3 is 5.11 Å². The van der Waals surface area contributed by atoms with Gasteiger partial charge in [-0.25, -0.2) is 0 Å². The third-order valence-corrected chi connectivity index (χ3v) is 2.15. The topological polar surface area (TPSA) is 57.6 Å². The van der Waals surface area contributed by atoms with Gasteiger partial charge in [-0.3, -0.25) is 14.5 Å². The lowest BCUT2D eigenvalue weighted by atomic mass is 10.4. The molecule has 0 aromatic carbocycles. The molecule has 0 unspecified atom stereocenters. The van der Waals surface area contributed by atoms with Crippen LogP contribution in [0.5, 0.6) is 0 Å². The van der Waals surface area contributed by atoms with Gasteiger partial charge in [-0.1, -0.05) is 11.8 Å². The number of imide groups is 1. The third-order valence-electron chi connectivity index (χ3n) is 1.29. The van der Waals surface area contributed by atoms with Crippen LogP contribution in [0.4, 0.5) is 4.79 Å². The SMILES string of the molecule is C[C@@H](O)CN1C(=O)CSC1=O. The molecule has 0 aromatic heterocycles. The molecule has 0 spiro atoms. The fourth-order valence-electron chi connectivity index (χ4n) is 0.822. The lowest BCUT2D eigenvalue weighted by Crippen LogP contribution is -2.34. The lowest BCUT2D eigenvalue weighted by Gasteiger charge is -2.13. The van der Waals surface area contributed by atoms with Crippen LogP contribution in [-0.4, -0.2) is 39.6 Å². The number of rotatable bonds is 2. The summed E-state index contributed by atoms with van der Waals surface area (Å²) < 4.78 is 0. The van der Waals surface area contributed by atoms with Crippen LogP contribution in [0.15, 0.2) is 0 Å². The summed E-state index contributed by atoms with van der Waals surface area (Å²) >= 11 is 0.982. The zero-order valence-corrected chi connectivity index (χ0v) is 6.93. The number of carbonyl (C=O) groups is 2. The molecule has 0 saturated carbocycles. The van der Waals surface area contributed by atoms with Crippen LogP contribution in [0.25, 0.3) is 0 Å². The van der Waals surface area contributed by atoms with Gasteiger partial charge in [0.05, 0.1) is 18.4 Å². The zero-order chi connectivity index (χ0) is 8.43. The van der Waals surface area contributed by atoms with Gasteiger partial charge in [0.1, 0.15) is 0 Å². The van der Waals surface area contributed by atoms with E-state index in [9.17, 15) is 9.59 Å². The molecule has 0 aromatic rings. The predicted molar refractivity (Wildman–Crippen MR) is 41.2 cm³/mol. The van der Waals surface area contributed by atoms with Crippen LogP contribution in [0.1, 0.15) is 6.92 Å². The van der Waals surface area contributed by atoms with Crippen LogP contribution in [0.2, 0.25) is 0 Å². The minimum absolute atomic E-state index is 0.116. The smallest absolute Gasteiger partial charge is 0.288 e. The van der Waals surface area contributed by atoms with E-state index < -0.39 is 6.10 Å². The Hall–Kier alpha value is -0.550. The van der Waals surface area contributed by atoms with Crippen LogP contribution in [-0.2, 0) is 4.79 Å². The van der Waals surface area contributed by atoms with E-state index in [1.54, 1.807) is 6.92 Å². The van der Waals surface area contributed by atoms with Crippen LogP contribution in [0.3, 0.4) is 0 Å². The Morgan fingerprint density at radius 3 is 2.73 bits per heavy atom. The third kappa shape index (κ3) is 1.94. The van der Waals surface area contributed by atoms with Crippen LogP contribution in [0, 0.1) is 0 Å². The molecule has 0 aliphatic carbocycles. The van der Waals surface area contributed by atoms with Gasteiger partial charge in [0, 0.05) is 0 Å². The minimum atomic E-state index is -0.637. The fourth-order valence-corrected chi connectivity index (χ4v) is 1.56. The number of β-amino-alcohol motifs (C(OH)–C–C–N with tert-alkyl or cyclic N) is 1. The Balaban J connectivity index is 2.55. The van der Waals surface area contributed by atoms with E-state index in [2.05, 4.69) is 0 Å². The van der Waals surface area contributed by atoms with Crippen molar-refractivity contribution in [2.45, 2.75) is 13.0 Å². The van der Waals surface area contributed by atoms with Gasteiger partial charge in [0.2, 0.25) is 5.91 Å². The van der Waals surface area contributed by atoms with Crippen molar-refractivity contribution in [3.8, 4) is 0 Å². The van der Waals surface area contributed by atoms with Gasteiger partial charge >= 0.3 is 0 Å². The molecule has 1 rings (SSSR count). The van der Waals surface area contributed by atoms with Crippen LogP contribution < -0.4 is 0 Å². The van der Waals surface area contributed by atoms with Crippen molar-refractivity contribution in [2.24, 2.45) is 0 Å². The molecule has 1 fully saturated rings. The van der Waals surface area contributed by atoms with Crippen molar-refractivity contribution < 1.29 is 14.7 Å². The molecule has 0 radical (unpaired) electrons. The number of aliphatic hydroxyl groups excluding tert-OH is 1. The highest BCUT2D eigenvalue weighted by atomic mass is 32.2. The normalized spacial score (nSPS) is 21.1. The molecule has 1 N–H and O–H groups in total. The highest BCUT2D eigenvalue weighted by Gasteiger charge is 2.30. The van der Waals surface area contributed by atoms with Crippen molar-refractivity contribution in [1.82, 2.24) is 4.90 Å². The number of hydrogen-bond acceptors (Lipinski definition) is 4. The number of nitrogens with zero attached hydrogens (tertiary/aromatic N) is 1. The summed E-state index contributed by atoms with van der Waals surface area (Å²) in [7, 11) is 0. The molecule has 1 aliphatic heterocycles. The largest absolute Gasteiger partial charge is 0.392 e. The number of thioether (sulfide) groups is 1. The molecule has 0 bridgehead atoms. The molecular weight excluding hydrogens is 166 g/mol. The molecule has 1 aliphatic rings. The summed E-state index contributed by atoms with van der Waals surface area (Å²) in [6.45, 7) is 1.66. The summed E-state index contributed by atoms with van der Waals surface area (Å²) in [5, 5.41) is 8.64. The summed E-state index contributed by atoms with van der Waals surface area (Å²) in [6, 6.07) is 0. The van der Waals surface area contributed by atoms with Crippen molar-refractivity contribution in [1.29, 1.82) is 0 Å². The highest BCUT2D eigenvalue weighted by Crippen LogP contribution is 2.18. The maximum absolute atomic E-state index is 10.9. The van der Waals surface area contributed by atoms with Gasteiger partial charge in [-0.05, 0) is 6.92 Å². The zero-order valence-electron chi connectivity index (χ0n) is 6.11. The van der Waals surface area contributed by atoms with Gasteiger partial charge in [0.15, 0.2) is 0 Å². The van der Waals surface area contributed by atoms with E-state index in [1.807, 2.05) is 0 Å². The molecule has 1 saturated heterocycles. The minimum Gasteiger partial charge on any atom is -0.392 e.